The Kier molecular flexibility index (Phi) is 8.10. The molecule has 1 fully saturated rings. The molecule has 3 aliphatic rings. The van der Waals surface area contributed by atoms with Crippen LogP contribution in [0.4, 0.5) is 17.6 Å². The van der Waals surface area contributed by atoms with E-state index in [0.717, 1.165) is 72.3 Å². The lowest BCUT2D eigenvalue weighted by atomic mass is 9.70. The lowest BCUT2D eigenvalue weighted by molar-refractivity contribution is -0.140. The van der Waals surface area contributed by atoms with Gasteiger partial charge in [-0.05, 0) is 79.3 Å². The molecule has 9 heteroatoms. The summed E-state index contributed by atoms with van der Waals surface area (Å²) in [6.45, 7) is 20.0. The Labute approximate surface area is 262 Å². The fourth-order valence-electron chi connectivity index (χ4n) is 6.92. The molecule has 1 spiro atoms. The van der Waals surface area contributed by atoms with Gasteiger partial charge in [0, 0.05) is 32.0 Å². The molecule has 2 unspecified atom stereocenters. The Hall–Kier alpha value is -1.04. The highest BCUT2D eigenvalue weighted by molar-refractivity contribution is 14.1. The van der Waals surface area contributed by atoms with E-state index in [-0.39, 0.29) is 26.4 Å². The molecule has 0 N–H and O–H groups in total. The van der Waals surface area contributed by atoms with Crippen LogP contribution in [-0.4, -0.2) is 17.2 Å². The van der Waals surface area contributed by atoms with Crippen LogP contribution >= 0.6 is 22.6 Å². The third-order valence-electron chi connectivity index (χ3n) is 10.0. The first kappa shape index (κ1) is 32.4. The summed E-state index contributed by atoms with van der Waals surface area (Å²) in [5.74, 6) is -1.23. The highest BCUT2D eigenvalue weighted by Crippen LogP contribution is 2.62. The number of alkyl halides is 4. The smallest absolute Gasteiger partial charge is 0.410 e. The lowest BCUT2D eigenvalue weighted by Gasteiger charge is -2.45. The summed E-state index contributed by atoms with van der Waals surface area (Å²) in [6.07, 6.45) is -1.21. The Morgan fingerprint density at radius 2 is 1.79 bits per heavy atom. The number of fused-ring (bicyclic) bond motifs is 4. The molecule has 232 valence electrons. The molecule has 1 aliphatic heterocycles. The summed E-state index contributed by atoms with van der Waals surface area (Å²) in [7, 11) is -2.20. The second-order valence-corrected chi connectivity index (χ2v) is 21.5. The molecule has 3 nitrogen and oxygen atoms in total. The van der Waals surface area contributed by atoms with E-state index in [2.05, 4.69) is 84.2 Å². The molecule has 2 aliphatic carbocycles. The molecular formula is C33H44F4INO2Si. The van der Waals surface area contributed by atoms with Gasteiger partial charge in [0.25, 0.3) is 0 Å². The van der Waals surface area contributed by atoms with Crippen molar-refractivity contribution in [3.05, 3.63) is 63.2 Å². The van der Waals surface area contributed by atoms with E-state index in [1.165, 1.54) is 6.07 Å². The average molecular weight is 718 g/mol. The fraction of sp³-hybridized carbons (Fsp3) is 0.667. The lowest BCUT2D eigenvalue weighted by Crippen LogP contribution is -2.44. The van der Waals surface area contributed by atoms with E-state index >= 15 is 0 Å². The average Bonchev–Trinajstić information content (AvgIpc) is 3.36. The summed E-state index contributed by atoms with van der Waals surface area (Å²) in [5.41, 5.74) is 3.59. The molecule has 0 radical (unpaired) electrons. The molecule has 2 heterocycles. The van der Waals surface area contributed by atoms with Gasteiger partial charge in [-0.25, -0.2) is 4.39 Å². The van der Waals surface area contributed by atoms with E-state index in [1.54, 1.807) is 0 Å². The topological polar surface area (TPSA) is 31.4 Å². The van der Waals surface area contributed by atoms with Crippen LogP contribution in [0.25, 0.3) is 0 Å². The normalized spacial score (nSPS) is 27.5. The first-order valence-corrected chi connectivity index (χ1v) is 19.3. The van der Waals surface area contributed by atoms with E-state index in [4.69, 9.17) is 14.1 Å². The van der Waals surface area contributed by atoms with Crippen molar-refractivity contribution in [2.75, 3.05) is 0 Å². The number of pyridine rings is 1. The van der Waals surface area contributed by atoms with Crippen molar-refractivity contribution in [3.8, 4) is 0 Å². The van der Waals surface area contributed by atoms with Gasteiger partial charge in [-0.15, -0.1) is 0 Å². The summed E-state index contributed by atoms with van der Waals surface area (Å²) < 4.78 is 69.9. The van der Waals surface area contributed by atoms with Crippen molar-refractivity contribution in [2.45, 2.75) is 133 Å². The van der Waals surface area contributed by atoms with Crippen LogP contribution in [0.1, 0.15) is 131 Å². The van der Waals surface area contributed by atoms with Gasteiger partial charge >= 0.3 is 6.18 Å². The van der Waals surface area contributed by atoms with Crippen molar-refractivity contribution in [1.29, 1.82) is 0 Å². The summed E-state index contributed by atoms with van der Waals surface area (Å²) in [4.78, 5) is 5.34. The van der Waals surface area contributed by atoms with Crippen LogP contribution < -0.4 is 0 Å². The van der Waals surface area contributed by atoms with Crippen LogP contribution in [0.15, 0.2) is 18.2 Å². The minimum Gasteiger partial charge on any atom is -0.410 e. The van der Waals surface area contributed by atoms with Gasteiger partial charge in [-0.3, -0.25) is 4.98 Å². The van der Waals surface area contributed by atoms with Gasteiger partial charge in [0.05, 0.1) is 11.7 Å². The minimum atomic E-state index is -4.76. The van der Waals surface area contributed by atoms with Crippen molar-refractivity contribution < 1.29 is 26.7 Å². The fourth-order valence-corrected chi connectivity index (χ4v) is 9.40. The van der Waals surface area contributed by atoms with Crippen molar-refractivity contribution in [1.82, 2.24) is 4.98 Å². The Bertz CT molecular complexity index is 1380. The predicted octanol–water partition coefficient (Wildman–Crippen LogP) is 10.7. The number of benzene rings is 1. The van der Waals surface area contributed by atoms with Gasteiger partial charge in [0.1, 0.15) is 17.5 Å². The van der Waals surface area contributed by atoms with E-state index < -0.39 is 37.6 Å². The molecular weight excluding hydrogens is 673 g/mol. The second-order valence-electron chi connectivity index (χ2n) is 15.2. The van der Waals surface area contributed by atoms with Crippen LogP contribution in [0.2, 0.25) is 18.1 Å². The summed E-state index contributed by atoms with van der Waals surface area (Å²) >= 11 is 2.49. The number of ether oxygens (including phenoxy) is 1. The van der Waals surface area contributed by atoms with Crippen LogP contribution in [-0.2, 0) is 27.4 Å². The van der Waals surface area contributed by atoms with Gasteiger partial charge in [-0.1, -0.05) is 77.1 Å². The Morgan fingerprint density at radius 3 is 2.31 bits per heavy atom. The number of aromatic nitrogens is 1. The number of hydrogen-bond acceptors (Lipinski definition) is 3. The number of nitrogens with zero attached hydrogens (tertiary/aromatic N) is 1. The van der Waals surface area contributed by atoms with Crippen molar-refractivity contribution in [3.63, 3.8) is 0 Å². The monoisotopic (exact) mass is 717 g/mol. The second kappa shape index (κ2) is 10.5. The Balaban J connectivity index is 1.80. The first-order valence-electron chi connectivity index (χ1n) is 15.1. The molecule has 5 rings (SSSR count). The van der Waals surface area contributed by atoms with Crippen LogP contribution in [0, 0.1) is 11.2 Å². The van der Waals surface area contributed by atoms with Crippen LogP contribution in [0.5, 0.6) is 0 Å². The third kappa shape index (κ3) is 5.40. The van der Waals surface area contributed by atoms with Gasteiger partial charge < -0.3 is 9.16 Å². The molecule has 1 aromatic carbocycles. The molecule has 0 amide bonds. The van der Waals surface area contributed by atoms with Crippen molar-refractivity contribution >= 4 is 30.9 Å². The summed E-state index contributed by atoms with van der Waals surface area (Å²) in [6, 6.07) is 3.25. The van der Waals surface area contributed by atoms with Gasteiger partial charge in [0.2, 0.25) is 0 Å². The zero-order chi connectivity index (χ0) is 31.2. The minimum absolute atomic E-state index is 0.0108. The molecule has 42 heavy (non-hydrogen) atoms. The molecule has 1 aromatic heterocycles. The highest BCUT2D eigenvalue weighted by Gasteiger charge is 2.57. The number of hydrogen-bond donors (Lipinski definition) is 0. The zero-order valence-electron chi connectivity index (χ0n) is 26.2. The standard InChI is InChI=1S/C33H44F4INO2Si/c1-18(2)28-26-27(25-22(39-28)16-31(6,7)17-23(25)41-42(8,9)30(3,4)5)32(14-10-11-24(32)38)40-29(26)19-12-13-20(21(34)15-19)33(35,36)37/h12-13,15,18,23-24,29H,10-11,14,16-17H2,1-9H3/t23-,24?,29+,32?/m0/s1. The highest BCUT2D eigenvalue weighted by atomic mass is 127. The number of halogens is 5. The Morgan fingerprint density at radius 1 is 1.12 bits per heavy atom. The van der Waals surface area contributed by atoms with Crippen LogP contribution in [0.3, 0.4) is 0 Å². The third-order valence-corrected chi connectivity index (χ3v) is 16.1. The maximum atomic E-state index is 15.0. The van der Waals surface area contributed by atoms with E-state index in [9.17, 15) is 17.6 Å². The molecule has 1 saturated carbocycles. The molecule has 0 saturated heterocycles. The SMILES string of the molecule is CC(C)c1nc2c(c3c1[C@@H](c1ccc(C(F)(F)F)c(F)c1)OC31CCCC1I)[C@@H](O[Si](C)(C)C(C)(C)C)CC(C)(C)C2. The van der Waals surface area contributed by atoms with Crippen molar-refractivity contribution in [2.24, 2.45) is 5.41 Å². The summed E-state index contributed by atoms with van der Waals surface area (Å²) in [5, 5.41) is 0.0108. The molecule has 0 bridgehead atoms. The molecule has 4 atom stereocenters. The molecule has 2 aromatic rings. The van der Waals surface area contributed by atoms with E-state index in [0.29, 0.717) is 5.56 Å². The predicted molar refractivity (Wildman–Crippen MR) is 169 cm³/mol. The maximum Gasteiger partial charge on any atom is 0.419 e. The largest absolute Gasteiger partial charge is 0.419 e. The quantitative estimate of drug-likeness (QED) is 0.137. The maximum absolute atomic E-state index is 15.0. The zero-order valence-corrected chi connectivity index (χ0v) is 29.4. The van der Waals surface area contributed by atoms with E-state index in [1.807, 2.05) is 0 Å². The van der Waals surface area contributed by atoms with Gasteiger partial charge in [0.15, 0.2) is 8.32 Å². The number of rotatable bonds is 4. The first-order chi connectivity index (χ1) is 19.2. The van der Waals surface area contributed by atoms with Gasteiger partial charge in [-0.2, -0.15) is 13.2 Å².